The summed E-state index contributed by atoms with van der Waals surface area (Å²) in [4.78, 5) is 16.9. The third kappa shape index (κ3) is 5.18. The van der Waals surface area contributed by atoms with E-state index in [4.69, 9.17) is 16.3 Å². The summed E-state index contributed by atoms with van der Waals surface area (Å²) in [5.74, 6) is -0.252. The van der Waals surface area contributed by atoms with E-state index in [1.54, 1.807) is 24.3 Å². The Kier molecular flexibility index (Phi) is 6.77. The molecule has 0 aliphatic carbocycles. The van der Waals surface area contributed by atoms with Gasteiger partial charge in [-0.1, -0.05) is 17.7 Å². The van der Waals surface area contributed by atoms with Gasteiger partial charge in [-0.15, -0.1) is 0 Å². The van der Waals surface area contributed by atoms with Gasteiger partial charge in [-0.25, -0.2) is 8.78 Å². The van der Waals surface area contributed by atoms with E-state index in [1.807, 2.05) is 4.90 Å². The first-order valence-corrected chi connectivity index (χ1v) is 11.2. The highest BCUT2D eigenvalue weighted by molar-refractivity contribution is 6.30. The minimum absolute atomic E-state index is 0.0223. The monoisotopic (exact) mass is 448 g/mol. The number of hydrogen-bond donors (Lipinski definition) is 0. The van der Waals surface area contributed by atoms with E-state index in [1.165, 1.54) is 12.1 Å². The van der Waals surface area contributed by atoms with Crippen LogP contribution in [0.3, 0.4) is 0 Å². The van der Waals surface area contributed by atoms with Crippen molar-refractivity contribution in [3.05, 3.63) is 64.7 Å². The minimum Gasteiger partial charge on any atom is -0.484 e. The van der Waals surface area contributed by atoms with Crippen molar-refractivity contribution < 1.29 is 18.3 Å². The van der Waals surface area contributed by atoms with E-state index in [0.717, 1.165) is 44.7 Å². The number of carbonyl (C=O) groups is 1. The number of amides is 1. The van der Waals surface area contributed by atoms with Crippen molar-refractivity contribution in [3.63, 3.8) is 0 Å². The first kappa shape index (κ1) is 22.0. The molecule has 1 atom stereocenters. The number of rotatable bonds is 5. The second-order valence-electron chi connectivity index (χ2n) is 8.47. The van der Waals surface area contributed by atoms with Crippen LogP contribution in [0, 0.1) is 11.6 Å². The highest BCUT2D eigenvalue weighted by Crippen LogP contribution is 2.39. The molecular formula is C24H27ClF2N2O2. The summed E-state index contributed by atoms with van der Waals surface area (Å²) < 4.78 is 33.5. The zero-order chi connectivity index (χ0) is 21.8. The Bertz CT molecular complexity index is 942. The summed E-state index contributed by atoms with van der Waals surface area (Å²) >= 11 is 5.97. The summed E-state index contributed by atoms with van der Waals surface area (Å²) in [6, 6.07) is 10.6. The van der Waals surface area contributed by atoms with Gasteiger partial charge in [0.1, 0.15) is 17.4 Å². The van der Waals surface area contributed by atoms with Gasteiger partial charge >= 0.3 is 0 Å². The predicted octanol–water partition coefficient (Wildman–Crippen LogP) is 5.04. The fraction of sp³-hybridized carbons (Fsp3) is 0.458. The summed E-state index contributed by atoms with van der Waals surface area (Å²) in [5, 5.41) is 0.567. The standard InChI is InChI=1S/C24H27ClF2N2O2/c25-19-4-1-5-21(15-19)31-17-23(30)28-11-2-8-24(10-13-28)9-3-12-29(24)16-18-14-20(26)6-7-22(18)27/h1,4-7,14-15H,2-3,8-13,16-17H2/t24-/m1/s1. The van der Waals surface area contributed by atoms with Crippen molar-refractivity contribution in [1.82, 2.24) is 9.80 Å². The van der Waals surface area contributed by atoms with Crippen LogP contribution in [0.15, 0.2) is 42.5 Å². The molecule has 2 fully saturated rings. The van der Waals surface area contributed by atoms with Crippen LogP contribution in [-0.2, 0) is 11.3 Å². The van der Waals surface area contributed by atoms with Gasteiger partial charge < -0.3 is 9.64 Å². The van der Waals surface area contributed by atoms with Crippen LogP contribution in [0.4, 0.5) is 8.78 Å². The van der Waals surface area contributed by atoms with Gasteiger partial charge in [-0.2, -0.15) is 0 Å². The second kappa shape index (κ2) is 9.53. The molecule has 4 rings (SSSR count). The van der Waals surface area contributed by atoms with Gasteiger partial charge in [0, 0.05) is 35.8 Å². The lowest BCUT2D eigenvalue weighted by Crippen LogP contribution is -2.44. The largest absolute Gasteiger partial charge is 0.484 e. The second-order valence-corrected chi connectivity index (χ2v) is 8.90. The number of ether oxygens (including phenoxy) is 1. The maximum absolute atomic E-state index is 14.2. The number of carbonyl (C=O) groups excluding carboxylic acids is 1. The van der Waals surface area contributed by atoms with Gasteiger partial charge in [0.15, 0.2) is 6.61 Å². The minimum atomic E-state index is -0.415. The Labute approximate surface area is 186 Å². The molecule has 0 aromatic heterocycles. The normalized spacial score (nSPS) is 22.0. The van der Waals surface area contributed by atoms with Crippen molar-refractivity contribution >= 4 is 17.5 Å². The fourth-order valence-electron chi connectivity index (χ4n) is 4.90. The summed E-state index contributed by atoms with van der Waals surface area (Å²) in [7, 11) is 0. The zero-order valence-electron chi connectivity index (χ0n) is 17.5. The van der Waals surface area contributed by atoms with Crippen molar-refractivity contribution in [1.29, 1.82) is 0 Å². The van der Waals surface area contributed by atoms with Crippen LogP contribution < -0.4 is 4.74 Å². The molecule has 2 aliphatic heterocycles. The van der Waals surface area contributed by atoms with Gasteiger partial charge in [-0.3, -0.25) is 9.69 Å². The third-order valence-corrected chi connectivity index (χ3v) is 6.77. The van der Waals surface area contributed by atoms with Gasteiger partial charge in [0.05, 0.1) is 0 Å². The van der Waals surface area contributed by atoms with Gasteiger partial charge in [0.25, 0.3) is 5.91 Å². The first-order chi connectivity index (χ1) is 14.9. The maximum atomic E-state index is 14.2. The van der Waals surface area contributed by atoms with Crippen molar-refractivity contribution in [2.24, 2.45) is 0 Å². The Morgan fingerprint density at radius 3 is 2.65 bits per heavy atom. The average molecular weight is 449 g/mol. The van der Waals surface area contributed by atoms with Gasteiger partial charge in [-0.05, 0) is 75.0 Å². The predicted molar refractivity (Wildman–Crippen MR) is 116 cm³/mol. The molecule has 0 N–H and O–H groups in total. The van der Waals surface area contributed by atoms with Crippen LogP contribution in [0.1, 0.15) is 37.7 Å². The van der Waals surface area contributed by atoms with E-state index in [-0.39, 0.29) is 23.9 Å². The molecule has 2 aliphatic rings. The lowest BCUT2D eigenvalue weighted by Gasteiger charge is -2.38. The Morgan fingerprint density at radius 1 is 1.03 bits per heavy atom. The van der Waals surface area contributed by atoms with E-state index in [9.17, 15) is 13.6 Å². The number of benzene rings is 2. The molecule has 166 valence electrons. The van der Waals surface area contributed by atoms with Crippen molar-refractivity contribution in [2.45, 2.75) is 44.2 Å². The highest BCUT2D eigenvalue weighted by atomic mass is 35.5. The smallest absolute Gasteiger partial charge is 0.260 e. The van der Waals surface area contributed by atoms with Crippen LogP contribution >= 0.6 is 11.6 Å². The number of likely N-dealkylation sites (tertiary alicyclic amines) is 2. The van der Waals surface area contributed by atoms with Crippen LogP contribution in [0.5, 0.6) is 5.75 Å². The molecule has 2 saturated heterocycles. The Morgan fingerprint density at radius 2 is 1.84 bits per heavy atom. The SMILES string of the molecule is O=C(COc1cccc(Cl)c1)N1CCC[C@@]2(CCCN2Cc2cc(F)ccc2F)CC1. The van der Waals surface area contributed by atoms with E-state index < -0.39 is 5.82 Å². The summed E-state index contributed by atoms with van der Waals surface area (Å²) in [6.45, 7) is 2.56. The zero-order valence-corrected chi connectivity index (χ0v) is 18.2. The number of nitrogens with zero attached hydrogens (tertiary/aromatic N) is 2. The van der Waals surface area contributed by atoms with Crippen LogP contribution in [0.2, 0.25) is 5.02 Å². The average Bonchev–Trinajstić information content (AvgIpc) is 2.99. The third-order valence-electron chi connectivity index (χ3n) is 6.54. The molecule has 2 aromatic rings. The molecular weight excluding hydrogens is 422 g/mol. The van der Waals surface area contributed by atoms with E-state index in [2.05, 4.69) is 4.90 Å². The first-order valence-electron chi connectivity index (χ1n) is 10.8. The van der Waals surface area contributed by atoms with Crippen LogP contribution in [-0.4, -0.2) is 47.5 Å². The van der Waals surface area contributed by atoms with Gasteiger partial charge in [0.2, 0.25) is 0 Å². The highest BCUT2D eigenvalue weighted by Gasteiger charge is 2.42. The van der Waals surface area contributed by atoms with Crippen molar-refractivity contribution in [3.8, 4) is 5.75 Å². The molecule has 31 heavy (non-hydrogen) atoms. The summed E-state index contributed by atoms with van der Waals surface area (Å²) in [5.41, 5.74) is 0.329. The van der Waals surface area contributed by atoms with Crippen LogP contribution in [0.25, 0.3) is 0 Å². The molecule has 2 aromatic carbocycles. The molecule has 1 spiro atoms. The lowest BCUT2D eigenvalue weighted by atomic mass is 9.87. The van der Waals surface area contributed by atoms with E-state index in [0.29, 0.717) is 36.0 Å². The van der Waals surface area contributed by atoms with Crippen molar-refractivity contribution in [2.75, 3.05) is 26.2 Å². The summed E-state index contributed by atoms with van der Waals surface area (Å²) in [6.07, 6.45) is 4.70. The molecule has 7 heteroatoms. The molecule has 0 saturated carbocycles. The molecule has 0 unspecified atom stereocenters. The molecule has 1 amide bonds. The fourth-order valence-corrected chi connectivity index (χ4v) is 5.08. The quantitative estimate of drug-likeness (QED) is 0.642. The maximum Gasteiger partial charge on any atom is 0.260 e. The number of halogens is 3. The molecule has 2 heterocycles. The molecule has 4 nitrogen and oxygen atoms in total. The Hall–Kier alpha value is -2.18. The number of hydrogen-bond acceptors (Lipinski definition) is 3. The lowest BCUT2D eigenvalue weighted by molar-refractivity contribution is -0.133. The Balaban J connectivity index is 1.38. The van der Waals surface area contributed by atoms with E-state index >= 15 is 0 Å². The molecule has 0 bridgehead atoms. The molecule has 0 radical (unpaired) electrons. The topological polar surface area (TPSA) is 32.8 Å².